The number of benzene rings is 3. The average molecular weight is 615 g/mol. The largest absolute Gasteiger partial charge is 0.459 e. The highest BCUT2D eigenvalue weighted by molar-refractivity contribution is 5.92. The Morgan fingerprint density at radius 3 is 1.04 bits per heavy atom. The molecule has 0 radical (unpaired) electrons. The van der Waals surface area contributed by atoms with E-state index in [0.717, 1.165) is 49.8 Å². The van der Waals surface area contributed by atoms with Gasteiger partial charge in [-0.1, -0.05) is 36.4 Å². The fourth-order valence-corrected chi connectivity index (χ4v) is 5.08. The Balaban J connectivity index is 1.47. The van der Waals surface area contributed by atoms with Crippen LogP contribution in [0.15, 0.2) is 91.0 Å². The lowest BCUT2D eigenvalue weighted by molar-refractivity contribution is -0.143. The minimum absolute atomic E-state index is 0.0806. The van der Waals surface area contributed by atoms with E-state index in [1.165, 1.54) is 20.8 Å². The molecule has 6 aromatic rings. The monoisotopic (exact) mass is 614 g/mol. The summed E-state index contributed by atoms with van der Waals surface area (Å²) >= 11 is 0. The molecule has 10 heteroatoms. The second-order valence-electron chi connectivity index (χ2n) is 10.7. The first-order chi connectivity index (χ1) is 22.2. The summed E-state index contributed by atoms with van der Waals surface area (Å²) in [4.78, 5) is 50.5. The predicted molar refractivity (Wildman–Crippen MR) is 173 cm³/mol. The summed E-state index contributed by atoms with van der Waals surface area (Å²) < 4.78 is 15.5. The van der Waals surface area contributed by atoms with Crippen molar-refractivity contribution in [2.45, 2.75) is 40.6 Å². The zero-order chi connectivity index (χ0) is 32.2. The third-order valence-electron chi connectivity index (χ3n) is 7.24. The summed E-state index contributed by atoms with van der Waals surface area (Å²) in [5.41, 5.74) is 6.60. The highest BCUT2D eigenvalue weighted by Crippen LogP contribution is 2.38. The minimum Gasteiger partial charge on any atom is -0.459 e. The molecule has 0 aliphatic carbocycles. The lowest BCUT2D eigenvalue weighted by Crippen LogP contribution is -2.10. The number of esters is 3. The summed E-state index contributed by atoms with van der Waals surface area (Å²) in [6.07, 6.45) is 0. The van der Waals surface area contributed by atoms with E-state index in [2.05, 4.69) is 4.90 Å². The van der Waals surface area contributed by atoms with Gasteiger partial charge in [0.05, 0.1) is 33.6 Å². The van der Waals surface area contributed by atoms with Crippen molar-refractivity contribution >= 4 is 67.7 Å². The van der Waals surface area contributed by atoms with Gasteiger partial charge in [-0.3, -0.25) is 14.4 Å². The maximum atomic E-state index is 11.4. The van der Waals surface area contributed by atoms with Gasteiger partial charge in [-0.15, -0.1) is 0 Å². The van der Waals surface area contributed by atoms with Crippen molar-refractivity contribution in [2.75, 3.05) is 4.90 Å². The molecule has 10 nitrogen and oxygen atoms in total. The molecule has 0 fully saturated rings. The molecule has 0 bridgehead atoms. The van der Waals surface area contributed by atoms with Gasteiger partial charge in [0.1, 0.15) is 19.8 Å². The number of ether oxygens (including phenoxy) is 3. The van der Waals surface area contributed by atoms with Gasteiger partial charge in [0, 0.05) is 54.0 Å². The number of hydrogen-bond donors (Lipinski definition) is 0. The van der Waals surface area contributed by atoms with Gasteiger partial charge in [0.15, 0.2) is 0 Å². The molecular weight excluding hydrogens is 584 g/mol. The first-order valence-electron chi connectivity index (χ1n) is 14.6. The molecule has 46 heavy (non-hydrogen) atoms. The number of pyridine rings is 3. The number of fused-ring (bicyclic) bond motifs is 3. The molecule has 3 aromatic carbocycles. The second-order valence-corrected chi connectivity index (χ2v) is 10.7. The Bertz CT molecular complexity index is 1890. The number of aromatic nitrogens is 3. The Labute approximate surface area is 264 Å². The average Bonchev–Trinajstić information content (AvgIpc) is 3.05. The highest BCUT2D eigenvalue weighted by Gasteiger charge is 2.16. The molecule has 0 saturated carbocycles. The van der Waals surface area contributed by atoms with Crippen LogP contribution in [-0.4, -0.2) is 32.9 Å². The van der Waals surface area contributed by atoms with Gasteiger partial charge in [-0.05, 0) is 54.6 Å². The topological polar surface area (TPSA) is 121 Å². The van der Waals surface area contributed by atoms with E-state index >= 15 is 0 Å². The Morgan fingerprint density at radius 2 is 0.761 bits per heavy atom. The first-order valence-corrected chi connectivity index (χ1v) is 14.6. The molecule has 0 aliphatic rings. The van der Waals surface area contributed by atoms with Crippen LogP contribution in [0.5, 0.6) is 0 Å². The number of rotatable bonds is 9. The van der Waals surface area contributed by atoms with E-state index in [1.54, 1.807) is 0 Å². The Morgan fingerprint density at radius 1 is 0.478 bits per heavy atom. The zero-order valence-electron chi connectivity index (χ0n) is 25.5. The van der Waals surface area contributed by atoms with Crippen LogP contribution in [0.2, 0.25) is 0 Å². The summed E-state index contributed by atoms with van der Waals surface area (Å²) in [5, 5.41) is 2.79. The molecule has 0 spiro atoms. The lowest BCUT2D eigenvalue weighted by Gasteiger charge is -2.26. The summed E-state index contributed by atoms with van der Waals surface area (Å²) in [6, 6.07) is 29.3. The quantitative estimate of drug-likeness (QED) is 0.124. The Kier molecular flexibility index (Phi) is 8.51. The van der Waals surface area contributed by atoms with E-state index in [9.17, 15) is 14.4 Å². The van der Waals surface area contributed by atoms with Gasteiger partial charge in [0.25, 0.3) is 0 Å². The minimum atomic E-state index is -0.372. The number of carbonyl (C=O) groups is 3. The van der Waals surface area contributed by atoms with E-state index in [4.69, 9.17) is 29.2 Å². The number of carbonyl (C=O) groups excluding carboxylic acids is 3. The second kappa shape index (κ2) is 13.0. The maximum Gasteiger partial charge on any atom is 0.303 e. The molecule has 3 heterocycles. The SMILES string of the molecule is CC(=O)OCc1ccc2ccc(N(c3ccc4ccc(COC(C)=O)nc4c3)c3ccc4ccc(COC(C)=O)nc4c3)cc2n1. The first kappa shape index (κ1) is 30.1. The highest BCUT2D eigenvalue weighted by atomic mass is 16.5. The van der Waals surface area contributed by atoms with Crippen molar-refractivity contribution in [2.24, 2.45) is 0 Å². The third-order valence-corrected chi connectivity index (χ3v) is 7.24. The summed E-state index contributed by atoms with van der Waals surface area (Å²) in [6.45, 7) is 4.34. The zero-order valence-corrected chi connectivity index (χ0v) is 25.5. The van der Waals surface area contributed by atoms with Crippen molar-refractivity contribution in [3.8, 4) is 0 Å². The van der Waals surface area contributed by atoms with Gasteiger partial charge < -0.3 is 19.1 Å². The van der Waals surface area contributed by atoms with Crippen LogP contribution in [0.4, 0.5) is 17.1 Å². The molecule has 0 unspecified atom stereocenters. The standard InChI is InChI=1S/C36H30N4O6/c1-22(41)44-19-28-10-4-25-7-13-31(16-34(25)37-28)40(32-14-8-26-5-11-29(20-45-23(2)42)38-35(26)17-32)33-15-9-27-6-12-30(21-46-24(3)43)39-36(27)18-33/h4-18H,19-21H2,1-3H3. The summed E-state index contributed by atoms with van der Waals surface area (Å²) in [5.74, 6) is -1.11. The number of anilines is 3. The van der Waals surface area contributed by atoms with Crippen molar-refractivity contribution in [1.29, 1.82) is 0 Å². The normalized spacial score (nSPS) is 11.0. The Hall–Kier alpha value is -5.90. The van der Waals surface area contributed by atoms with Gasteiger partial charge >= 0.3 is 17.9 Å². The maximum absolute atomic E-state index is 11.4. The van der Waals surface area contributed by atoms with Crippen LogP contribution in [0.25, 0.3) is 32.7 Å². The fourth-order valence-electron chi connectivity index (χ4n) is 5.08. The third kappa shape index (κ3) is 6.91. The van der Waals surface area contributed by atoms with Crippen molar-refractivity contribution in [1.82, 2.24) is 15.0 Å². The molecule has 0 atom stereocenters. The molecule has 0 saturated heterocycles. The van der Waals surface area contributed by atoms with Crippen LogP contribution in [0.1, 0.15) is 37.9 Å². The van der Waals surface area contributed by atoms with Gasteiger partial charge in [-0.25, -0.2) is 15.0 Å². The number of nitrogens with zero attached hydrogens (tertiary/aromatic N) is 4. The number of hydrogen-bond acceptors (Lipinski definition) is 10. The smallest absolute Gasteiger partial charge is 0.303 e. The van der Waals surface area contributed by atoms with Crippen LogP contribution in [0, 0.1) is 0 Å². The molecule has 6 rings (SSSR count). The molecule has 3 aromatic heterocycles. The van der Waals surface area contributed by atoms with E-state index < -0.39 is 0 Å². The fraction of sp³-hybridized carbons (Fsp3) is 0.167. The molecule has 230 valence electrons. The van der Waals surface area contributed by atoms with E-state index in [1.807, 2.05) is 91.0 Å². The summed E-state index contributed by atoms with van der Waals surface area (Å²) in [7, 11) is 0. The van der Waals surface area contributed by atoms with E-state index in [0.29, 0.717) is 17.1 Å². The molecule has 0 aliphatic heterocycles. The van der Waals surface area contributed by atoms with Crippen LogP contribution in [-0.2, 0) is 48.4 Å². The van der Waals surface area contributed by atoms with Crippen LogP contribution < -0.4 is 4.90 Å². The predicted octanol–water partition coefficient (Wildman–Crippen LogP) is 6.99. The lowest BCUT2D eigenvalue weighted by atomic mass is 10.1. The molecule has 0 amide bonds. The van der Waals surface area contributed by atoms with Crippen LogP contribution >= 0.6 is 0 Å². The van der Waals surface area contributed by atoms with Gasteiger partial charge in [-0.2, -0.15) is 0 Å². The molecular formula is C36H30N4O6. The van der Waals surface area contributed by atoms with Gasteiger partial charge in [0.2, 0.25) is 0 Å². The van der Waals surface area contributed by atoms with Crippen molar-refractivity contribution in [3.63, 3.8) is 0 Å². The van der Waals surface area contributed by atoms with Crippen molar-refractivity contribution < 1.29 is 28.6 Å². The van der Waals surface area contributed by atoms with Crippen LogP contribution in [0.3, 0.4) is 0 Å². The van der Waals surface area contributed by atoms with Crippen molar-refractivity contribution in [3.05, 3.63) is 108 Å². The van der Waals surface area contributed by atoms with E-state index in [-0.39, 0.29) is 37.7 Å². The molecule has 0 N–H and O–H groups in total.